The highest BCUT2D eigenvalue weighted by Gasteiger charge is 2.15. The average Bonchev–Trinajstić information content (AvgIpc) is 2.72. The van der Waals surface area contributed by atoms with Crippen LogP contribution in [0.5, 0.6) is 0 Å². The number of aryl methyl sites for hydroxylation is 8. The molecule has 0 atom stereocenters. The highest BCUT2D eigenvalue weighted by molar-refractivity contribution is 5.64. The Labute approximate surface area is 193 Å². The smallest absolute Gasteiger partial charge is 0.201 e. The first-order chi connectivity index (χ1) is 15.2. The van der Waals surface area contributed by atoms with E-state index in [9.17, 15) is 0 Å². The molecule has 0 aliphatic rings. The Bertz CT molecular complexity index is 1230. The lowest BCUT2D eigenvalue weighted by atomic mass is 10.0. The van der Waals surface area contributed by atoms with Crippen molar-refractivity contribution in [3.8, 4) is 22.5 Å². The molecule has 2 heteroatoms. The van der Waals surface area contributed by atoms with E-state index in [-0.39, 0.29) is 0 Å². The van der Waals surface area contributed by atoms with E-state index in [0.717, 1.165) is 0 Å². The fraction of sp³-hybridized carbons (Fsp3) is 0.267. The molecule has 4 rings (SSSR count). The first kappa shape index (κ1) is 23.4. The summed E-state index contributed by atoms with van der Waals surface area (Å²) in [6, 6.07) is 21.5. The first-order valence-corrected chi connectivity index (χ1v) is 11.2. The van der Waals surface area contributed by atoms with Gasteiger partial charge >= 0.3 is 0 Å². The molecule has 0 saturated heterocycles. The summed E-state index contributed by atoms with van der Waals surface area (Å²) in [6.07, 6.45) is 4.37. The van der Waals surface area contributed by atoms with Crippen molar-refractivity contribution < 1.29 is 9.13 Å². The fourth-order valence-electron chi connectivity index (χ4n) is 4.35. The van der Waals surface area contributed by atoms with Crippen molar-refractivity contribution >= 4 is 0 Å². The van der Waals surface area contributed by atoms with E-state index in [2.05, 4.69) is 138 Å². The Morgan fingerprint density at radius 2 is 1.06 bits per heavy atom. The highest BCUT2D eigenvalue weighted by Crippen LogP contribution is 2.23. The number of rotatable bonds is 2. The van der Waals surface area contributed by atoms with Gasteiger partial charge in [0.15, 0.2) is 12.4 Å². The van der Waals surface area contributed by atoms with Crippen LogP contribution in [0.3, 0.4) is 0 Å². The van der Waals surface area contributed by atoms with Crippen molar-refractivity contribution in [1.29, 1.82) is 0 Å². The van der Waals surface area contributed by atoms with Crippen LogP contribution in [0.2, 0.25) is 0 Å². The molecule has 0 aliphatic carbocycles. The summed E-state index contributed by atoms with van der Waals surface area (Å²) in [5.74, 6) is 0. The van der Waals surface area contributed by atoms with Crippen LogP contribution in [-0.4, -0.2) is 0 Å². The lowest BCUT2D eigenvalue weighted by Crippen LogP contribution is -2.32. The summed E-state index contributed by atoms with van der Waals surface area (Å²) >= 11 is 0. The van der Waals surface area contributed by atoms with Crippen molar-refractivity contribution in [3.05, 3.63) is 106 Å². The van der Waals surface area contributed by atoms with Crippen LogP contribution < -0.4 is 9.13 Å². The van der Waals surface area contributed by atoms with E-state index in [0.29, 0.717) is 0 Å². The van der Waals surface area contributed by atoms with E-state index < -0.39 is 0 Å². The van der Waals surface area contributed by atoms with E-state index in [1.54, 1.807) is 0 Å². The van der Waals surface area contributed by atoms with Gasteiger partial charge in [-0.2, -0.15) is 0 Å². The molecule has 164 valence electrons. The SMILES string of the molecule is Cc1cc(-c2ccccc2C)[n+](C)cc1C.Cc1cc(C)c(-c2ccccc2C)[n+](C)c1. The molecular weight excluding hydrogens is 388 g/mol. The molecule has 2 heterocycles. The van der Waals surface area contributed by atoms with E-state index in [1.807, 2.05) is 0 Å². The molecule has 0 aliphatic heterocycles. The molecule has 0 saturated carbocycles. The first-order valence-electron chi connectivity index (χ1n) is 11.2. The summed E-state index contributed by atoms with van der Waals surface area (Å²) in [7, 11) is 4.22. The minimum atomic E-state index is 1.28. The Hall–Kier alpha value is -3.26. The molecule has 0 N–H and O–H groups in total. The molecule has 0 unspecified atom stereocenters. The molecule has 0 bridgehead atoms. The standard InChI is InChI=1S/2C15H18N/c1-11-9-13(3)15(16(4)10-11)14-8-6-5-7-12(14)2;1-11-7-5-6-8-14(11)15-9-12(2)13(3)10-16(15)4/h2*5-10H,1-4H3/q2*+1. The Kier molecular flexibility index (Phi) is 7.25. The van der Waals surface area contributed by atoms with Gasteiger partial charge in [0.05, 0.1) is 0 Å². The average molecular weight is 425 g/mol. The molecule has 4 aromatic rings. The lowest BCUT2D eigenvalue weighted by Gasteiger charge is -2.07. The van der Waals surface area contributed by atoms with Gasteiger partial charge in [0.1, 0.15) is 14.1 Å². The third kappa shape index (κ3) is 5.13. The molecule has 2 aromatic heterocycles. The summed E-state index contributed by atoms with van der Waals surface area (Å²) in [6.45, 7) is 12.9. The maximum atomic E-state index is 2.26. The molecule has 0 amide bonds. The Morgan fingerprint density at radius 1 is 0.500 bits per heavy atom. The van der Waals surface area contributed by atoms with Crippen molar-refractivity contribution in [2.45, 2.75) is 41.5 Å². The number of nitrogens with zero attached hydrogens (tertiary/aromatic N) is 2. The molecule has 0 spiro atoms. The minimum Gasteiger partial charge on any atom is -0.201 e. The molecule has 2 aromatic carbocycles. The van der Waals surface area contributed by atoms with Crippen molar-refractivity contribution in [3.63, 3.8) is 0 Å². The number of hydrogen-bond acceptors (Lipinski definition) is 0. The normalized spacial score (nSPS) is 10.5. The van der Waals surface area contributed by atoms with Gasteiger partial charge in [0.25, 0.3) is 0 Å². The molecular formula is C30H36N2+2. The van der Waals surface area contributed by atoms with Gasteiger partial charge in [-0.1, -0.05) is 36.4 Å². The van der Waals surface area contributed by atoms with Gasteiger partial charge in [0, 0.05) is 33.9 Å². The molecule has 2 nitrogen and oxygen atoms in total. The van der Waals surface area contributed by atoms with Gasteiger partial charge in [0.2, 0.25) is 11.4 Å². The van der Waals surface area contributed by atoms with Crippen LogP contribution in [-0.2, 0) is 14.1 Å². The second-order valence-corrected chi connectivity index (χ2v) is 8.93. The van der Waals surface area contributed by atoms with Gasteiger partial charge in [-0.3, -0.25) is 0 Å². The number of hydrogen-bond donors (Lipinski definition) is 0. The molecule has 0 fully saturated rings. The van der Waals surface area contributed by atoms with Crippen molar-refractivity contribution in [2.24, 2.45) is 14.1 Å². The third-order valence-electron chi connectivity index (χ3n) is 6.13. The predicted octanol–water partition coefficient (Wildman–Crippen LogP) is 6.21. The summed E-state index contributed by atoms with van der Waals surface area (Å²) in [5.41, 5.74) is 13.2. The quantitative estimate of drug-likeness (QED) is 0.338. The van der Waals surface area contributed by atoms with Crippen LogP contribution in [0.25, 0.3) is 22.5 Å². The predicted molar refractivity (Wildman–Crippen MR) is 135 cm³/mol. The third-order valence-corrected chi connectivity index (χ3v) is 6.13. The zero-order valence-corrected chi connectivity index (χ0v) is 20.8. The van der Waals surface area contributed by atoms with E-state index >= 15 is 0 Å². The summed E-state index contributed by atoms with van der Waals surface area (Å²) < 4.78 is 4.41. The summed E-state index contributed by atoms with van der Waals surface area (Å²) in [4.78, 5) is 0. The monoisotopic (exact) mass is 424 g/mol. The number of pyridine rings is 2. The lowest BCUT2D eigenvalue weighted by molar-refractivity contribution is -0.661. The number of benzene rings is 2. The highest BCUT2D eigenvalue weighted by atomic mass is 14.9. The number of aromatic nitrogens is 2. The summed E-state index contributed by atoms with van der Waals surface area (Å²) in [5, 5.41) is 0. The van der Waals surface area contributed by atoms with Gasteiger partial charge in [-0.25, -0.2) is 9.13 Å². The minimum absolute atomic E-state index is 1.28. The van der Waals surface area contributed by atoms with Crippen LogP contribution in [0.4, 0.5) is 0 Å². The van der Waals surface area contributed by atoms with Crippen LogP contribution in [0.1, 0.15) is 33.4 Å². The maximum absolute atomic E-state index is 2.26. The van der Waals surface area contributed by atoms with Crippen LogP contribution in [0, 0.1) is 41.5 Å². The van der Waals surface area contributed by atoms with Crippen molar-refractivity contribution in [2.75, 3.05) is 0 Å². The largest absolute Gasteiger partial charge is 0.215 e. The zero-order valence-electron chi connectivity index (χ0n) is 20.8. The molecule has 32 heavy (non-hydrogen) atoms. The van der Waals surface area contributed by atoms with Gasteiger partial charge in [-0.05, 0) is 76.4 Å². The molecule has 0 radical (unpaired) electrons. The van der Waals surface area contributed by atoms with Crippen LogP contribution >= 0.6 is 0 Å². The fourth-order valence-corrected chi connectivity index (χ4v) is 4.35. The van der Waals surface area contributed by atoms with Crippen LogP contribution in [0.15, 0.2) is 73.1 Å². The topological polar surface area (TPSA) is 7.76 Å². The van der Waals surface area contributed by atoms with E-state index in [4.69, 9.17) is 0 Å². The van der Waals surface area contributed by atoms with E-state index in [1.165, 1.54) is 55.9 Å². The zero-order chi connectivity index (χ0) is 23.4. The Balaban J connectivity index is 0.000000181. The van der Waals surface area contributed by atoms with Crippen molar-refractivity contribution in [1.82, 2.24) is 0 Å². The van der Waals surface area contributed by atoms with Gasteiger partial charge < -0.3 is 0 Å². The second kappa shape index (κ2) is 9.91. The van der Waals surface area contributed by atoms with Gasteiger partial charge in [-0.15, -0.1) is 0 Å². The maximum Gasteiger partial charge on any atom is 0.215 e. The Morgan fingerprint density at radius 3 is 1.62 bits per heavy atom. The second-order valence-electron chi connectivity index (χ2n) is 8.93.